The van der Waals surface area contributed by atoms with Gasteiger partial charge in [-0.05, 0) is 37.0 Å². The average Bonchev–Trinajstić information content (AvgIpc) is 2.28. The van der Waals surface area contributed by atoms with Crippen LogP contribution in [0.1, 0.15) is 18.9 Å². The minimum atomic E-state index is -0.700. The predicted octanol–water partition coefficient (Wildman–Crippen LogP) is 1.94. The molecule has 2 rings (SSSR count). The number of carbonyl (C=O) groups is 1. The predicted molar refractivity (Wildman–Crippen MR) is 66.1 cm³/mol. The fraction of sp³-hybridized carbons (Fsp3) is 0.538. The van der Waals surface area contributed by atoms with Crippen molar-refractivity contribution in [1.82, 2.24) is 4.98 Å². The van der Waals surface area contributed by atoms with Crippen molar-refractivity contribution in [2.75, 3.05) is 18.0 Å². The first kappa shape index (κ1) is 11.9. The maximum atomic E-state index is 11.1. The summed E-state index contributed by atoms with van der Waals surface area (Å²) in [5.41, 5.74) is 1.15. The molecular formula is C13H18N2O2. The van der Waals surface area contributed by atoms with E-state index in [2.05, 4.69) is 16.8 Å². The third kappa shape index (κ3) is 2.75. The van der Waals surface area contributed by atoms with Gasteiger partial charge in [0.05, 0.1) is 5.92 Å². The van der Waals surface area contributed by atoms with E-state index in [0.717, 1.165) is 24.3 Å². The second-order valence-electron chi connectivity index (χ2n) is 4.97. The number of aliphatic carboxylic acids is 1. The Morgan fingerprint density at radius 3 is 2.94 bits per heavy atom. The van der Waals surface area contributed by atoms with E-state index in [9.17, 15) is 4.79 Å². The van der Waals surface area contributed by atoms with Crippen molar-refractivity contribution in [3.05, 3.63) is 23.9 Å². The summed E-state index contributed by atoms with van der Waals surface area (Å²) < 4.78 is 0. The molecule has 1 N–H and O–H groups in total. The molecule has 0 saturated carbocycles. The lowest BCUT2D eigenvalue weighted by Gasteiger charge is -2.35. The van der Waals surface area contributed by atoms with E-state index in [1.807, 2.05) is 19.1 Å². The second kappa shape index (κ2) is 4.73. The lowest BCUT2D eigenvalue weighted by Crippen LogP contribution is -2.42. The summed E-state index contributed by atoms with van der Waals surface area (Å²) in [6.45, 7) is 5.57. The minimum Gasteiger partial charge on any atom is -0.481 e. The quantitative estimate of drug-likeness (QED) is 0.849. The van der Waals surface area contributed by atoms with E-state index in [1.165, 1.54) is 0 Å². The summed E-state index contributed by atoms with van der Waals surface area (Å²) in [7, 11) is 0. The molecular weight excluding hydrogens is 216 g/mol. The summed E-state index contributed by atoms with van der Waals surface area (Å²) in [4.78, 5) is 17.5. The zero-order chi connectivity index (χ0) is 12.4. The van der Waals surface area contributed by atoms with Gasteiger partial charge in [0, 0.05) is 19.3 Å². The number of hydrogen-bond acceptors (Lipinski definition) is 3. The first-order valence-corrected chi connectivity index (χ1v) is 5.96. The van der Waals surface area contributed by atoms with E-state index in [-0.39, 0.29) is 5.92 Å². The summed E-state index contributed by atoms with van der Waals surface area (Å²) in [6.07, 6.45) is 2.54. The van der Waals surface area contributed by atoms with Gasteiger partial charge in [0.1, 0.15) is 5.82 Å². The van der Waals surface area contributed by atoms with E-state index in [1.54, 1.807) is 6.20 Å². The van der Waals surface area contributed by atoms with E-state index >= 15 is 0 Å². The van der Waals surface area contributed by atoms with Crippen molar-refractivity contribution in [2.24, 2.45) is 11.8 Å². The molecule has 0 amide bonds. The molecule has 0 bridgehead atoms. The van der Waals surface area contributed by atoms with Gasteiger partial charge in [-0.25, -0.2) is 4.98 Å². The Balaban J connectivity index is 2.18. The maximum absolute atomic E-state index is 11.1. The maximum Gasteiger partial charge on any atom is 0.308 e. The molecule has 92 valence electrons. The highest BCUT2D eigenvalue weighted by atomic mass is 16.4. The Morgan fingerprint density at radius 2 is 2.29 bits per heavy atom. The van der Waals surface area contributed by atoms with E-state index < -0.39 is 5.97 Å². The molecule has 0 aromatic carbocycles. The number of carboxylic acid groups (broad SMARTS) is 1. The van der Waals surface area contributed by atoms with Crippen molar-refractivity contribution < 1.29 is 9.90 Å². The topological polar surface area (TPSA) is 53.4 Å². The molecule has 2 atom stereocenters. The molecule has 1 aromatic rings. The van der Waals surface area contributed by atoms with Crippen molar-refractivity contribution in [1.29, 1.82) is 0 Å². The second-order valence-corrected chi connectivity index (χ2v) is 4.97. The lowest BCUT2D eigenvalue weighted by molar-refractivity contribution is -0.142. The molecule has 2 heterocycles. The SMILES string of the molecule is Cc1ccnc(N2CC(C)CC(C(=O)O)C2)c1. The van der Waals surface area contributed by atoms with E-state index in [4.69, 9.17) is 5.11 Å². The van der Waals surface area contributed by atoms with Crippen LogP contribution in [0.2, 0.25) is 0 Å². The molecule has 4 nitrogen and oxygen atoms in total. The van der Waals surface area contributed by atoms with Gasteiger partial charge in [0.15, 0.2) is 0 Å². The van der Waals surface area contributed by atoms with Crippen LogP contribution in [0.4, 0.5) is 5.82 Å². The molecule has 1 aliphatic heterocycles. The Bertz CT molecular complexity index is 420. The largest absolute Gasteiger partial charge is 0.481 e. The standard InChI is InChI=1S/C13H18N2O2/c1-9-3-4-14-12(6-9)15-7-10(2)5-11(8-15)13(16)17/h3-4,6,10-11H,5,7-8H2,1-2H3,(H,16,17). The monoisotopic (exact) mass is 234 g/mol. The van der Waals surface area contributed by atoms with Crippen molar-refractivity contribution >= 4 is 11.8 Å². The van der Waals surface area contributed by atoms with Crippen LogP contribution in [0.5, 0.6) is 0 Å². The lowest BCUT2D eigenvalue weighted by atomic mass is 9.90. The first-order chi connectivity index (χ1) is 8.06. The Morgan fingerprint density at radius 1 is 1.53 bits per heavy atom. The third-order valence-electron chi connectivity index (χ3n) is 3.23. The molecule has 1 aromatic heterocycles. The fourth-order valence-electron chi connectivity index (χ4n) is 2.41. The molecule has 1 aliphatic rings. The Kier molecular flexibility index (Phi) is 3.31. The highest BCUT2D eigenvalue weighted by Gasteiger charge is 2.29. The van der Waals surface area contributed by atoms with Crippen LogP contribution in [-0.2, 0) is 4.79 Å². The van der Waals surface area contributed by atoms with Gasteiger partial charge in [-0.2, -0.15) is 0 Å². The van der Waals surface area contributed by atoms with Crippen molar-refractivity contribution in [3.63, 3.8) is 0 Å². The molecule has 17 heavy (non-hydrogen) atoms. The van der Waals surface area contributed by atoms with Crippen LogP contribution in [0, 0.1) is 18.8 Å². The number of aryl methyl sites for hydroxylation is 1. The molecule has 0 radical (unpaired) electrons. The average molecular weight is 234 g/mol. The van der Waals surface area contributed by atoms with Crippen LogP contribution in [-0.4, -0.2) is 29.1 Å². The smallest absolute Gasteiger partial charge is 0.308 e. The number of aromatic nitrogens is 1. The minimum absolute atomic E-state index is 0.277. The molecule has 1 saturated heterocycles. The van der Waals surface area contributed by atoms with Gasteiger partial charge < -0.3 is 10.0 Å². The van der Waals surface area contributed by atoms with Crippen LogP contribution < -0.4 is 4.90 Å². The van der Waals surface area contributed by atoms with Gasteiger partial charge in [0.25, 0.3) is 0 Å². The summed E-state index contributed by atoms with van der Waals surface area (Å²) in [5.74, 6) is 0.310. The van der Waals surface area contributed by atoms with E-state index in [0.29, 0.717) is 12.5 Å². The van der Waals surface area contributed by atoms with Gasteiger partial charge in [-0.3, -0.25) is 4.79 Å². The Labute approximate surface area is 101 Å². The zero-order valence-electron chi connectivity index (χ0n) is 10.3. The first-order valence-electron chi connectivity index (χ1n) is 5.96. The van der Waals surface area contributed by atoms with Gasteiger partial charge >= 0.3 is 5.97 Å². The molecule has 1 fully saturated rings. The number of piperidine rings is 1. The number of rotatable bonds is 2. The molecule has 0 aliphatic carbocycles. The zero-order valence-corrected chi connectivity index (χ0v) is 10.3. The molecule has 2 unspecified atom stereocenters. The molecule has 4 heteroatoms. The highest BCUT2D eigenvalue weighted by Crippen LogP contribution is 2.25. The highest BCUT2D eigenvalue weighted by molar-refractivity contribution is 5.71. The van der Waals surface area contributed by atoms with Gasteiger partial charge in [-0.15, -0.1) is 0 Å². The number of pyridine rings is 1. The summed E-state index contributed by atoms with van der Waals surface area (Å²) in [5, 5.41) is 9.13. The summed E-state index contributed by atoms with van der Waals surface area (Å²) in [6, 6.07) is 3.96. The Hall–Kier alpha value is -1.58. The van der Waals surface area contributed by atoms with Gasteiger partial charge in [0.2, 0.25) is 0 Å². The van der Waals surface area contributed by atoms with Crippen LogP contribution in [0.3, 0.4) is 0 Å². The van der Waals surface area contributed by atoms with Crippen LogP contribution >= 0.6 is 0 Å². The van der Waals surface area contributed by atoms with Gasteiger partial charge in [-0.1, -0.05) is 6.92 Å². The van der Waals surface area contributed by atoms with Crippen LogP contribution in [0.15, 0.2) is 18.3 Å². The number of anilines is 1. The number of carboxylic acids is 1. The van der Waals surface area contributed by atoms with Crippen molar-refractivity contribution in [2.45, 2.75) is 20.3 Å². The fourth-order valence-corrected chi connectivity index (χ4v) is 2.41. The van der Waals surface area contributed by atoms with Crippen molar-refractivity contribution in [3.8, 4) is 0 Å². The number of nitrogens with zero attached hydrogens (tertiary/aromatic N) is 2. The normalized spacial score (nSPS) is 24.7. The van der Waals surface area contributed by atoms with Crippen LogP contribution in [0.25, 0.3) is 0 Å². The number of hydrogen-bond donors (Lipinski definition) is 1. The molecule has 0 spiro atoms. The third-order valence-corrected chi connectivity index (χ3v) is 3.23. The summed E-state index contributed by atoms with van der Waals surface area (Å²) >= 11 is 0.